The third-order valence-corrected chi connectivity index (χ3v) is 7.19. The number of carbonyl (C=O) groups excluding carboxylic acids is 1. The SMILES string of the molecule is N#Cc1ccc(-c2cnc3ccc(-c4ccc(C(=O)N5CCN(Cc6ccccc6)CC5)cc4)cn23)cc1. The highest BCUT2D eigenvalue weighted by Gasteiger charge is 2.22. The maximum atomic E-state index is 13.2. The van der Waals surface area contributed by atoms with Gasteiger partial charge in [-0.25, -0.2) is 4.98 Å². The molecule has 6 rings (SSSR count). The molecular formula is C32H27N5O. The van der Waals surface area contributed by atoms with E-state index in [-0.39, 0.29) is 5.91 Å². The van der Waals surface area contributed by atoms with Crippen molar-refractivity contribution >= 4 is 11.6 Å². The smallest absolute Gasteiger partial charge is 0.253 e. The molecule has 38 heavy (non-hydrogen) atoms. The molecule has 0 saturated carbocycles. The van der Waals surface area contributed by atoms with Crippen molar-refractivity contribution in [3.8, 4) is 28.5 Å². The number of aromatic nitrogens is 2. The number of benzene rings is 3. The minimum atomic E-state index is 0.0871. The number of carbonyl (C=O) groups is 1. The zero-order valence-corrected chi connectivity index (χ0v) is 21.0. The summed E-state index contributed by atoms with van der Waals surface area (Å²) in [4.78, 5) is 22.1. The first kappa shape index (κ1) is 23.7. The molecule has 2 aromatic heterocycles. The average Bonchev–Trinajstić information content (AvgIpc) is 3.41. The van der Waals surface area contributed by atoms with Crippen molar-refractivity contribution in [1.29, 1.82) is 5.26 Å². The Kier molecular flexibility index (Phi) is 6.43. The Morgan fingerprint density at radius 2 is 1.47 bits per heavy atom. The van der Waals surface area contributed by atoms with Gasteiger partial charge in [-0.15, -0.1) is 0 Å². The summed E-state index contributed by atoms with van der Waals surface area (Å²) < 4.78 is 2.06. The molecule has 6 heteroatoms. The van der Waals surface area contributed by atoms with Crippen LogP contribution in [0.5, 0.6) is 0 Å². The van der Waals surface area contributed by atoms with E-state index in [1.165, 1.54) is 5.56 Å². The van der Waals surface area contributed by atoms with Crippen LogP contribution in [0.25, 0.3) is 28.0 Å². The summed E-state index contributed by atoms with van der Waals surface area (Å²) in [6, 6.07) is 32.1. The number of nitrogens with zero attached hydrogens (tertiary/aromatic N) is 5. The molecule has 3 heterocycles. The summed E-state index contributed by atoms with van der Waals surface area (Å²) in [7, 11) is 0. The molecule has 0 unspecified atom stereocenters. The lowest BCUT2D eigenvalue weighted by atomic mass is 10.0. The first-order valence-electron chi connectivity index (χ1n) is 12.8. The molecule has 0 radical (unpaired) electrons. The number of fused-ring (bicyclic) bond motifs is 1. The molecule has 0 bridgehead atoms. The van der Waals surface area contributed by atoms with Gasteiger partial charge in [-0.3, -0.25) is 14.1 Å². The van der Waals surface area contributed by atoms with Crippen LogP contribution in [-0.2, 0) is 6.54 Å². The Morgan fingerprint density at radius 3 is 2.18 bits per heavy atom. The number of amides is 1. The van der Waals surface area contributed by atoms with Crippen LogP contribution in [0, 0.1) is 11.3 Å². The molecule has 1 aliphatic heterocycles. The fraction of sp³-hybridized carbons (Fsp3) is 0.156. The molecule has 186 valence electrons. The Bertz CT molecular complexity index is 1610. The highest BCUT2D eigenvalue weighted by atomic mass is 16.2. The second-order valence-electron chi connectivity index (χ2n) is 9.61. The molecule has 6 nitrogen and oxygen atoms in total. The van der Waals surface area contributed by atoms with Crippen LogP contribution in [0.3, 0.4) is 0 Å². The van der Waals surface area contributed by atoms with Gasteiger partial charge in [-0.1, -0.05) is 54.6 Å². The van der Waals surface area contributed by atoms with E-state index in [2.05, 4.69) is 50.8 Å². The van der Waals surface area contributed by atoms with Gasteiger partial charge < -0.3 is 4.90 Å². The molecule has 0 aliphatic carbocycles. The number of rotatable bonds is 5. The van der Waals surface area contributed by atoms with E-state index in [1.54, 1.807) is 0 Å². The van der Waals surface area contributed by atoms with E-state index in [0.717, 1.165) is 60.8 Å². The van der Waals surface area contributed by atoms with Gasteiger partial charge in [-0.2, -0.15) is 5.26 Å². The monoisotopic (exact) mass is 497 g/mol. The van der Waals surface area contributed by atoms with Crippen molar-refractivity contribution < 1.29 is 4.79 Å². The van der Waals surface area contributed by atoms with Crippen LogP contribution in [0.4, 0.5) is 0 Å². The van der Waals surface area contributed by atoms with Crippen LogP contribution in [0.2, 0.25) is 0 Å². The first-order valence-corrected chi connectivity index (χ1v) is 12.8. The summed E-state index contributed by atoms with van der Waals surface area (Å²) in [6.45, 7) is 4.16. The molecule has 0 spiro atoms. The van der Waals surface area contributed by atoms with Gasteiger partial charge >= 0.3 is 0 Å². The molecular weight excluding hydrogens is 470 g/mol. The molecule has 3 aromatic carbocycles. The van der Waals surface area contributed by atoms with Crippen molar-refractivity contribution in [1.82, 2.24) is 19.2 Å². The van der Waals surface area contributed by atoms with Gasteiger partial charge in [0.15, 0.2) is 0 Å². The summed E-state index contributed by atoms with van der Waals surface area (Å²) in [6.07, 6.45) is 3.92. The molecule has 1 amide bonds. The largest absolute Gasteiger partial charge is 0.336 e. The third-order valence-electron chi connectivity index (χ3n) is 7.19. The van der Waals surface area contributed by atoms with E-state index < -0.39 is 0 Å². The lowest BCUT2D eigenvalue weighted by Gasteiger charge is -2.34. The third kappa shape index (κ3) is 4.80. The van der Waals surface area contributed by atoms with Crippen LogP contribution in [0.15, 0.2) is 103 Å². The van der Waals surface area contributed by atoms with Crippen molar-refractivity contribution in [3.05, 3.63) is 120 Å². The van der Waals surface area contributed by atoms with E-state index >= 15 is 0 Å². The highest BCUT2D eigenvalue weighted by molar-refractivity contribution is 5.94. The van der Waals surface area contributed by atoms with Gasteiger partial charge in [0, 0.05) is 50.0 Å². The van der Waals surface area contributed by atoms with Crippen LogP contribution in [0.1, 0.15) is 21.5 Å². The van der Waals surface area contributed by atoms with Gasteiger partial charge in [0.25, 0.3) is 5.91 Å². The number of piperazine rings is 1. The van der Waals surface area contributed by atoms with Crippen molar-refractivity contribution in [2.75, 3.05) is 26.2 Å². The lowest BCUT2D eigenvalue weighted by Crippen LogP contribution is -2.48. The van der Waals surface area contributed by atoms with Crippen molar-refractivity contribution in [3.63, 3.8) is 0 Å². The quantitative estimate of drug-likeness (QED) is 0.322. The molecule has 1 aliphatic rings. The van der Waals surface area contributed by atoms with Crippen LogP contribution < -0.4 is 0 Å². The number of hydrogen-bond acceptors (Lipinski definition) is 4. The maximum Gasteiger partial charge on any atom is 0.253 e. The Balaban J connectivity index is 1.15. The number of hydrogen-bond donors (Lipinski definition) is 0. The van der Waals surface area contributed by atoms with Gasteiger partial charge in [0.2, 0.25) is 0 Å². The predicted octanol–water partition coefficient (Wildman–Crippen LogP) is 5.50. The lowest BCUT2D eigenvalue weighted by molar-refractivity contribution is 0.0628. The summed E-state index contributed by atoms with van der Waals surface area (Å²) in [5.74, 6) is 0.0871. The fourth-order valence-corrected chi connectivity index (χ4v) is 5.02. The zero-order valence-electron chi connectivity index (χ0n) is 21.0. The topological polar surface area (TPSA) is 64.6 Å². The molecule has 1 saturated heterocycles. The van der Waals surface area contributed by atoms with E-state index in [9.17, 15) is 4.79 Å². The summed E-state index contributed by atoms with van der Waals surface area (Å²) >= 11 is 0. The fourth-order valence-electron chi connectivity index (χ4n) is 5.02. The second-order valence-corrected chi connectivity index (χ2v) is 9.61. The molecule has 1 fully saturated rings. The van der Waals surface area contributed by atoms with Gasteiger partial charge in [0.05, 0.1) is 23.5 Å². The van der Waals surface area contributed by atoms with Crippen LogP contribution in [-0.4, -0.2) is 51.3 Å². The number of pyridine rings is 1. The van der Waals surface area contributed by atoms with E-state index in [1.807, 2.05) is 77.8 Å². The average molecular weight is 498 g/mol. The number of imidazole rings is 1. The maximum absolute atomic E-state index is 13.2. The summed E-state index contributed by atoms with van der Waals surface area (Å²) in [5, 5.41) is 9.09. The molecule has 5 aromatic rings. The normalized spacial score (nSPS) is 13.9. The minimum Gasteiger partial charge on any atom is -0.336 e. The predicted molar refractivity (Wildman–Crippen MR) is 148 cm³/mol. The number of nitriles is 1. The van der Waals surface area contributed by atoms with E-state index in [0.29, 0.717) is 11.1 Å². The molecule has 0 atom stereocenters. The first-order chi connectivity index (χ1) is 18.7. The highest BCUT2D eigenvalue weighted by Crippen LogP contribution is 2.26. The Hall–Kier alpha value is -4.73. The second kappa shape index (κ2) is 10.3. The zero-order chi connectivity index (χ0) is 25.9. The van der Waals surface area contributed by atoms with Crippen molar-refractivity contribution in [2.45, 2.75) is 6.54 Å². The van der Waals surface area contributed by atoms with Crippen LogP contribution >= 0.6 is 0 Å². The molecule has 0 N–H and O–H groups in total. The van der Waals surface area contributed by atoms with Gasteiger partial charge in [0.1, 0.15) is 5.65 Å². The minimum absolute atomic E-state index is 0.0871. The van der Waals surface area contributed by atoms with E-state index in [4.69, 9.17) is 5.26 Å². The standard InChI is InChI=1S/C32H27N5O/c33-20-24-6-8-27(9-7-24)30-21-34-31-15-14-29(23-37(30)31)26-10-12-28(13-11-26)32(38)36-18-16-35(17-19-36)22-25-4-2-1-3-5-25/h1-15,21,23H,16-19,22H2. The Labute approximate surface area is 222 Å². The summed E-state index contributed by atoms with van der Waals surface area (Å²) in [5.41, 5.74) is 7.55. The Morgan fingerprint density at radius 1 is 0.789 bits per heavy atom. The van der Waals surface area contributed by atoms with Crippen molar-refractivity contribution in [2.24, 2.45) is 0 Å². The van der Waals surface area contributed by atoms with Gasteiger partial charge in [-0.05, 0) is 53.1 Å².